The number of para-hydroxylation sites is 1. The van der Waals surface area contributed by atoms with Gasteiger partial charge in [0, 0.05) is 5.54 Å². The predicted octanol–water partition coefficient (Wildman–Crippen LogP) is 4.02. The van der Waals surface area contributed by atoms with Crippen molar-refractivity contribution in [3.8, 4) is 10.8 Å². The number of nitrogens with zero attached hydrogens (tertiary/aromatic N) is 1. The van der Waals surface area contributed by atoms with Crippen LogP contribution in [0.2, 0.25) is 0 Å². The first-order chi connectivity index (χ1) is 12.2. The summed E-state index contributed by atoms with van der Waals surface area (Å²) in [5.74, 6) is -0.516. The molecule has 0 saturated heterocycles. The molecule has 26 heavy (non-hydrogen) atoms. The number of carbonyl (C=O) groups excluding carboxylic acids is 2. The molecule has 136 valence electrons. The second-order valence-corrected chi connectivity index (χ2v) is 7.97. The van der Waals surface area contributed by atoms with Gasteiger partial charge in [-0.15, -0.1) is 11.3 Å². The smallest absolute Gasteiger partial charge is 0.375 e. The van der Waals surface area contributed by atoms with Gasteiger partial charge in [0.1, 0.15) is 0 Å². The van der Waals surface area contributed by atoms with Crippen LogP contribution in [0.1, 0.15) is 38.2 Å². The molecule has 2 aromatic heterocycles. The number of benzene rings is 1. The van der Waals surface area contributed by atoms with E-state index in [0.29, 0.717) is 10.8 Å². The number of nitrogens with one attached hydrogen (secondary N) is 1. The third-order valence-electron chi connectivity index (χ3n) is 3.46. The molecule has 2 heterocycles. The average Bonchev–Trinajstić information content (AvgIpc) is 3.19. The molecule has 1 aromatic carbocycles. The van der Waals surface area contributed by atoms with E-state index in [-0.39, 0.29) is 11.7 Å². The Kier molecular flexibility index (Phi) is 4.82. The lowest BCUT2D eigenvalue weighted by Crippen LogP contribution is -2.46. The Hall–Kier alpha value is -2.67. The molecule has 0 fully saturated rings. The van der Waals surface area contributed by atoms with E-state index < -0.39 is 17.6 Å². The van der Waals surface area contributed by atoms with E-state index in [4.69, 9.17) is 9.15 Å². The van der Waals surface area contributed by atoms with E-state index in [0.717, 1.165) is 10.2 Å². The first-order valence-electron chi connectivity index (χ1n) is 8.22. The number of fused-ring (bicyclic) bond motifs is 1. The van der Waals surface area contributed by atoms with Crippen molar-refractivity contribution in [3.05, 3.63) is 42.2 Å². The summed E-state index contributed by atoms with van der Waals surface area (Å²) in [5, 5.41) is 3.45. The molecule has 7 heteroatoms. The number of hydrogen-bond donors (Lipinski definition) is 1. The molecule has 0 radical (unpaired) electrons. The van der Waals surface area contributed by atoms with Gasteiger partial charge in [0.05, 0.1) is 10.2 Å². The highest BCUT2D eigenvalue weighted by Gasteiger charge is 2.24. The van der Waals surface area contributed by atoms with E-state index in [1.807, 2.05) is 45.0 Å². The third kappa shape index (κ3) is 4.11. The monoisotopic (exact) mass is 372 g/mol. The summed E-state index contributed by atoms with van der Waals surface area (Å²) in [6, 6.07) is 11.0. The van der Waals surface area contributed by atoms with Gasteiger partial charge < -0.3 is 14.5 Å². The minimum absolute atomic E-state index is 0.0367. The number of ether oxygens (including phenoxy) is 1. The van der Waals surface area contributed by atoms with Crippen LogP contribution in [-0.2, 0) is 9.53 Å². The van der Waals surface area contributed by atoms with Gasteiger partial charge in [0.2, 0.25) is 5.76 Å². The topological polar surface area (TPSA) is 81.4 Å². The quantitative estimate of drug-likeness (QED) is 0.700. The highest BCUT2D eigenvalue weighted by molar-refractivity contribution is 7.21. The molecule has 6 nitrogen and oxygen atoms in total. The second-order valence-electron chi connectivity index (χ2n) is 6.94. The van der Waals surface area contributed by atoms with Crippen LogP contribution in [0.4, 0.5) is 0 Å². The highest BCUT2D eigenvalue weighted by atomic mass is 32.1. The van der Waals surface area contributed by atoms with Gasteiger partial charge in [-0.1, -0.05) is 12.1 Å². The van der Waals surface area contributed by atoms with Gasteiger partial charge in [-0.25, -0.2) is 9.78 Å². The summed E-state index contributed by atoms with van der Waals surface area (Å²) in [4.78, 5) is 28.7. The fraction of sp³-hybridized carbons (Fsp3) is 0.316. The van der Waals surface area contributed by atoms with E-state index >= 15 is 0 Å². The zero-order valence-corrected chi connectivity index (χ0v) is 15.8. The molecule has 0 bridgehead atoms. The summed E-state index contributed by atoms with van der Waals surface area (Å²) in [6.45, 7) is 7.10. The van der Waals surface area contributed by atoms with Gasteiger partial charge in [-0.2, -0.15) is 0 Å². The van der Waals surface area contributed by atoms with Crippen molar-refractivity contribution in [1.82, 2.24) is 10.3 Å². The Labute approximate surface area is 155 Å². The molecular formula is C19H20N2O4S. The first kappa shape index (κ1) is 18.1. The van der Waals surface area contributed by atoms with Gasteiger partial charge in [0.25, 0.3) is 5.91 Å². The average molecular weight is 372 g/mol. The van der Waals surface area contributed by atoms with Gasteiger partial charge in [-0.3, -0.25) is 4.79 Å². The zero-order chi connectivity index (χ0) is 18.9. The van der Waals surface area contributed by atoms with E-state index in [1.165, 1.54) is 24.3 Å². The van der Waals surface area contributed by atoms with Crippen LogP contribution in [0.15, 0.2) is 40.8 Å². The molecule has 0 saturated carbocycles. The molecule has 1 atom stereocenters. The van der Waals surface area contributed by atoms with E-state index in [1.54, 1.807) is 6.07 Å². The predicted molar refractivity (Wildman–Crippen MR) is 100 cm³/mol. The van der Waals surface area contributed by atoms with Crippen molar-refractivity contribution in [2.45, 2.75) is 39.3 Å². The Morgan fingerprint density at radius 1 is 1.19 bits per heavy atom. The Morgan fingerprint density at radius 2 is 1.92 bits per heavy atom. The second kappa shape index (κ2) is 6.92. The van der Waals surface area contributed by atoms with Crippen molar-refractivity contribution in [2.24, 2.45) is 0 Å². The van der Waals surface area contributed by atoms with Crippen LogP contribution in [0.25, 0.3) is 21.0 Å². The Bertz CT molecular complexity index is 919. The zero-order valence-electron chi connectivity index (χ0n) is 15.0. The molecule has 0 unspecified atom stereocenters. The molecule has 1 amide bonds. The highest BCUT2D eigenvalue weighted by Crippen LogP contribution is 2.31. The minimum Gasteiger partial charge on any atom is -0.447 e. The van der Waals surface area contributed by atoms with Crippen LogP contribution in [0.3, 0.4) is 0 Å². The molecule has 1 N–H and O–H groups in total. The standard InChI is InChI=1S/C19H20N2O4S/c1-11(16(22)21-19(2,3)4)24-18(23)14-10-9-13(25-14)17-20-12-7-5-6-8-15(12)26-17/h5-11H,1-4H3,(H,21,22)/t11-/m0/s1. The van der Waals surface area contributed by atoms with Gasteiger partial charge in [-0.05, 0) is 52.0 Å². The number of aromatic nitrogens is 1. The third-order valence-corrected chi connectivity index (χ3v) is 4.51. The lowest BCUT2D eigenvalue weighted by molar-refractivity contribution is -0.130. The maximum absolute atomic E-state index is 12.2. The summed E-state index contributed by atoms with van der Waals surface area (Å²) in [7, 11) is 0. The van der Waals surface area contributed by atoms with Gasteiger partial charge in [0.15, 0.2) is 16.9 Å². The van der Waals surface area contributed by atoms with Crippen molar-refractivity contribution in [1.29, 1.82) is 0 Å². The molecule has 3 rings (SSSR count). The van der Waals surface area contributed by atoms with Crippen molar-refractivity contribution < 1.29 is 18.7 Å². The first-order valence-corrected chi connectivity index (χ1v) is 9.03. The number of rotatable bonds is 4. The summed E-state index contributed by atoms with van der Waals surface area (Å²) >= 11 is 1.48. The fourth-order valence-electron chi connectivity index (χ4n) is 2.28. The van der Waals surface area contributed by atoms with Crippen LogP contribution >= 0.6 is 11.3 Å². The number of thiazole rings is 1. The number of amides is 1. The van der Waals surface area contributed by atoms with Crippen LogP contribution < -0.4 is 5.32 Å². The number of hydrogen-bond acceptors (Lipinski definition) is 6. The molecule has 0 aliphatic rings. The van der Waals surface area contributed by atoms with E-state index in [2.05, 4.69) is 10.3 Å². The molecule has 3 aromatic rings. The maximum Gasteiger partial charge on any atom is 0.375 e. The van der Waals surface area contributed by atoms with Crippen LogP contribution in [-0.4, -0.2) is 28.5 Å². The van der Waals surface area contributed by atoms with Crippen molar-refractivity contribution >= 4 is 33.4 Å². The summed E-state index contributed by atoms with van der Waals surface area (Å²) in [5.41, 5.74) is 0.475. The SMILES string of the molecule is C[C@H](OC(=O)c1ccc(-c2nc3ccccc3s2)o1)C(=O)NC(C)(C)C. The largest absolute Gasteiger partial charge is 0.447 e. The molecule has 0 spiro atoms. The molecular weight excluding hydrogens is 352 g/mol. The summed E-state index contributed by atoms with van der Waals surface area (Å²) in [6.07, 6.45) is -0.919. The Morgan fingerprint density at radius 3 is 2.62 bits per heavy atom. The van der Waals surface area contributed by atoms with Crippen molar-refractivity contribution in [3.63, 3.8) is 0 Å². The Balaban J connectivity index is 1.71. The number of carbonyl (C=O) groups is 2. The molecule has 0 aliphatic heterocycles. The lowest BCUT2D eigenvalue weighted by atomic mass is 10.1. The lowest BCUT2D eigenvalue weighted by Gasteiger charge is -2.22. The number of esters is 1. The molecule has 0 aliphatic carbocycles. The van der Waals surface area contributed by atoms with Gasteiger partial charge >= 0.3 is 5.97 Å². The fourth-order valence-corrected chi connectivity index (χ4v) is 3.21. The normalized spacial score (nSPS) is 12.8. The number of furan rings is 1. The minimum atomic E-state index is -0.919. The van der Waals surface area contributed by atoms with Crippen molar-refractivity contribution in [2.75, 3.05) is 0 Å². The van der Waals surface area contributed by atoms with E-state index in [9.17, 15) is 9.59 Å². The maximum atomic E-state index is 12.2. The summed E-state index contributed by atoms with van der Waals surface area (Å²) < 4.78 is 11.8. The van der Waals surface area contributed by atoms with Crippen LogP contribution in [0.5, 0.6) is 0 Å². The van der Waals surface area contributed by atoms with Crippen LogP contribution in [0, 0.1) is 0 Å².